The van der Waals surface area contributed by atoms with E-state index in [2.05, 4.69) is 21.3 Å². The third-order valence-corrected chi connectivity index (χ3v) is 5.55. The fourth-order valence-electron chi connectivity index (χ4n) is 2.01. The first-order chi connectivity index (χ1) is 13.2. The van der Waals surface area contributed by atoms with E-state index >= 15 is 0 Å². The van der Waals surface area contributed by atoms with Gasteiger partial charge in [0.25, 0.3) is 0 Å². The molecule has 155 valence electrons. The molecule has 1 fully saturated rings. The molecule has 0 heterocycles. The summed E-state index contributed by atoms with van der Waals surface area (Å²) in [7, 11) is 0. The molecule has 0 saturated heterocycles. The molecule has 1 saturated carbocycles. The summed E-state index contributed by atoms with van der Waals surface area (Å²) < 4.78 is 5.58. The molecule has 0 aromatic carbocycles. The Kier molecular flexibility index (Phi) is 10.3. The summed E-state index contributed by atoms with van der Waals surface area (Å²) in [6.45, 7) is -0.995. The Balaban J connectivity index is 2.23. The van der Waals surface area contributed by atoms with Crippen molar-refractivity contribution in [1.82, 2.24) is 21.3 Å². The van der Waals surface area contributed by atoms with Gasteiger partial charge < -0.3 is 5.11 Å². The van der Waals surface area contributed by atoms with Gasteiger partial charge in [0.05, 0.1) is 0 Å². The van der Waals surface area contributed by atoms with E-state index in [0.717, 1.165) is 0 Å². The molecule has 28 heavy (non-hydrogen) atoms. The second kappa shape index (κ2) is 11.9. The summed E-state index contributed by atoms with van der Waals surface area (Å²) in [4.78, 5) is 57.5. The molecule has 12 nitrogen and oxygen atoms in total. The summed E-state index contributed by atoms with van der Waals surface area (Å²) in [5.41, 5.74) is 4.27. The zero-order chi connectivity index (χ0) is 21.2. The molecule has 3 radical (unpaired) electrons. The van der Waals surface area contributed by atoms with E-state index in [1.165, 1.54) is 0 Å². The summed E-state index contributed by atoms with van der Waals surface area (Å²) in [5, 5.41) is 18.6. The molecule has 1 aliphatic carbocycles. The Hall–Kier alpha value is -1.81. The van der Waals surface area contributed by atoms with Crippen molar-refractivity contribution in [2.75, 3.05) is 33.0 Å². The average molecular weight is 594 g/mol. The second-order valence-electron chi connectivity index (χ2n) is 6.20. The number of aliphatic carboxylic acids is 1. The summed E-state index contributed by atoms with van der Waals surface area (Å²) in [6.07, 6.45) is 1.10. The van der Waals surface area contributed by atoms with Crippen LogP contribution in [0, 0.1) is 5.41 Å². The van der Waals surface area contributed by atoms with E-state index in [1.54, 1.807) is 0 Å². The van der Waals surface area contributed by atoms with Gasteiger partial charge >= 0.3 is 168 Å². The first-order valence-corrected chi connectivity index (χ1v) is 11.2. The molecule has 0 aromatic heterocycles. The number of carboxylic acids is 1. The number of nitrogens with two attached hydrogens (primary N) is 1. The molecule has 1 rings (SSSR count). The van der Waals surface area contributed by atoms with Gasteiger partial charge in [-0.2, -0.15) is 0 Å². The van der Waals surface area contributed by atoms with E-state index < -0.39 is 41.1 Å². The minimum Gasteiger partial charge on any atom is -0.481 e. The molecule has 0 aromatic rings. The summed E-state index contributed by atoms with van der Waals surface area (Å²) in [6, 6.07) is -0.803. The number of amides is 4. The third-order valence-electron chi connectivity index (χ3n) is 3.97. The van der Waals surface area contributed by atoms with E-state index in [-0.39, 0.29) is 33.0 Å². The monoisotopic (exact) mass is 594 g/mol. The number of carbonyl (C=O) groups excluding carboxylic acids is 4. The molecule has 1 unspecified atom stereocenters. The van der Waals surface area contributed by atoms with E-state index in [1.807, 2.05) is 0 Å². The van der Waals surface area contributed by atoms with Gasteiger partial charge in [-0.1, -0.05) is 0 Å². The molecule has 13 heteroatoms. The minimum absolute atomic E-state index is 0.0181. The second-order valence-corrected chi connectivity index (χ2v) is 7.79. The van der Waals surface area contributed by atoms with Crippen molar-refractivity contribution >= 4 is 55.4 Å². The van der Waals surface area contributed by atoms with E-state index in [0.29, 0.717) is 42.6 Å². The third kappa shape index (κ3) is 8.47. The Bertz CT molecular complexity index is 612. The minimum atomic E-state index is -0.912. The Labute approximate surface area is 177 Å². The Morgan fingerprint density at radius 1 is 1.04 bits per heavy atom. The van der Waals surface area contributed by atoms with Crippen molar-refractivity contribution in [3.05, 3.63) is 0 Å². The average Bonchev–Trinajstić information content (AvgIpc) is 3.46. The van der Waals surface area contributed by atoms with Crippen LogP contribution in [0.4, 0.5) is 0 Å². The van der Waals surface area contributed by atoms with Crippen LogP contribution in [0.3, 0.4) is 0 Å². The molecule has 7 N–H and O–H groups in total. The van der Waals surface area contributed by atoms with Crippen molar-refractivity contribution in [2.45, 2.75) is 22.9 Å². The fourth-order valence-corrected chi connectivity index (χ4v) is 3.13. The van der Waals surface area contributed by atoms with E-state index in [4.69, 9.17) is 15.6 Å². The molecule has 4 amide bonds. The van der Waals surface area contributed by atoms with Gasteiger partial charge in [0.2, 0.25) is 0 Å². The van der Waals surface area contributed by atoms with Crippen LogP contribution in [0.15, 0.2) is 0 Å². The Morgan fingerprint density at radius 2 is 1.68 bits per heavy atom. The number of nitrogens with one attached hydrogen (secondary N) is 4. The maximum absolute atomic E-state index is 12.1. The molecular formula is C15H24N5O7Pb. The first-order valence-electron chi connectivity index (χ1n) is 8.50. The van der Waals surface area contributed by atoms with Crippen molar-refractivity contribution in [3.8, 4) is 0 Å². The van der Waals surface area contributed by atoms with Crippen molar-refractivity contribution < 1.29 is 33.8 Å². The smallest absolute Gasteiger partial charge is 0.481 e. The SMILES string of the molecule is NCC(=O)NCC(=O)NC([CH2][Pb])C(=O)NCC(=O)NCOCC1(C(=O)O)CC1. The van der Waals surface area contributed by atoms with Gasteiger partial charge in [-0.3, -0.25) is 4.79 Å². The van der Waals surface area contributed by atoms with Crippen LogP contribution in [0.25, 0.3) is 0 Å². The van der Waals surface area contributed by atoms with Crippen LogP contribution in [-0.2, 0) is 28.7 Å². The van der Waals surface area contributed by atoms with Gasteiger partial charge in [0.1, 0.15) is 0 Å². The molecule has 0 bridgehead atoms. The fraction of sp³-hybridized carbons (Fsp3) is 0.667. The van der Waals surface area contributed by atoms with Crippen LogP contribution >= 0.6 is 0 Å². The van der Waals surface area contributed by atoms with Crippen LogP contribution in [0.2, 0.25) is 3.98 Å². The van der Waals surface area contributed by atoms with Crippen molar-refractivity contribution in [2.24, 2.45) is 11.1 Å². The normalized spacial score (nSPS) is 15.1. The number of ether oxygens (including phenoxy) is 1. The van der Waals surface area contributed by atoms with Gasteiger partial charge in [-0.25, -0.2) is 0 Å². The molecule has 1 atom stereocenters. The van der Waals surface area contributed by atoms with Crippen LogP contribution < -0.4 is 27.0 Å². The zero-order valence-electron chi connectivity index (χ0n) is 15.2. The van der Waals surface area contributed by atoms with Gasteiger partial charge in [-0.05, 0) is 0 Å². The molecule has 0 aliphatic heterocycles. The number of hydrogen-bond acceptors (Lipinski definition) is 7. The van der Waals surface area contributed by atoms with E-state index in [9.17, 15) is 24.0 Å². The number of hydrogen-bond donors (Lipinski definition) is 6. The van der Waals surface area contributed by atoms with Crippen molar-refractivity contribution in [1.29, 1.82) is 0 Å². The van der Waals surface area contributed by atoms with Gasteiger partial charge in [0, 0.05) is 0 Å². The quantitative estimate of drug-likeness (QED) is 0.0712. The Morgan fingerprint density at radius 3 is 2.21 bits per heavy atom. The predicted octanol–water partition coefficient (Wildman–Crippen LogP) is -3.80. The number of rotatable bonds is 13. The van der Waals surface area contributed by atoms with Crippen LogP contribution in [0.5, 0.6) is 0 Å². The number of carboxylic acid groups (broad SMARTS) is 1. The molecule has 0 spiro atoms. The van der Waals surface area contributed by atoms with Gasteiger partial charge in [0.15, 0.2) is 0 Å². The zero-order valence-corrected chi connectivity index (χ0v) is 19.1. The van der Waals surface area contributed by atoms with Crippen LogP contribution in [-0.4, -0.2) is 99.5 Å². The molecule has 1 aliphatic rings. The predicted molar refractivity (Wildman–Crippen MR) is 95.8 cm³/mol. The van der Waals surface area contributed by atoms with Crippen molar-refractivity contribution in [3.63, 3.8) is 0 Å². The maximum atomic E-state index is 12.1. The number of carbonyl (C=O) groups is 5. The molecular weight excluding hydrogens is 569 g/mol. The summed E-state index contributed by atoms with van der Waals surface area (Å²) in [5.74, 6) is -2.97. The van der Waals surface area contributed by atoms with Gasteiger partial charge in [-0.15, -0.1) is 0 Å². The standard InChI is InChI=1S/C15H24N5O7.Pb/c1-9(20-12(23)6-17-10(21)4-16)13(24)18-5-11(22)19-8-27-7-15(2-3-15)14(25)26;/h9H,1-8,16H2,(H,17,21)(H,18,24)(H,19,22)(H,20,23)(H,25,26);. The van der Waals surface area contributed by atoms with Crippen LogP contribution in [0.1, 0.15) is 12.8 Å². The topological polar surface area (TPSA) is 189 Å². The first kappa shape index (κ1) is 24.2. The summed E-state index contributed by atoms with van der Waals surface area (Å²) >= 11 is 0.631.